The highest BCUT2D eigenvalue weighted by molar-refractivity contribution is 5.88. The number of aromatic nitrogens is 1. The zero-order chi connectivity index (χ0) is 19.5. The molecular weight excluding hydrogens is 326 g/mol. The second-order valence-electron chi connectivity index (χ2n) is 5.39. The number of para-hydroxylation sites is 1. The molecule has 2 aromatic rings. The lowest BCUT2D eigenvalue weighted by Gasteiger charge is -2.07. The van der Waals surface area contributed by atoms with E-state index in [1.54, 1.807) is 13.2 Å². The average molecular weight is 355 g/mol. The second kappa shape index (κ2) is 11.0. The van der Waals surface area contributed by atoms with Gasteiger partial charge in [0.1, 0.15) is 5.76 Å². The van der Waals surface area contributed by atoms with Crippen LogP contribution in [0.2, 0.25) is 0 Å². The summed E-state index contributed by atoms with van der Waals surface area (Å²) in [6.45, 7) is 14.6. The molecule has 4 heteroatoms. The van der Waals surface area contributed by atoms with Gasteiger partial charge in [-0.25, -0.2) is 0 Å². The van der Waals surface area contributed by atoms with Gasteiger partial charge in [0.15, 0.2) is 0 Å². The quantitative estimate of drug-likeness (QED) is 0.378. The highest BCUT2D eigenvalue weighted by Crippen LogP contribution is 2.23. The van der Waals surface area contributed by atoms with Gasteiger partial charge in [0.25, 0.3) is 0 Å². The lowest BCUT2D eigenvalue weighted by Crippen LogP contribution is -2.07. The zero-order valence-corrected chi connectivity index (χ0v) is 16.2. The van der Waals surface area contributed by atoms with E-state index in [-0.39, 0.29) is 12.4 Å². The third-order valence-corrected chi connectivity index (χ3v) is 3.67. The molecule has 0 radical (unpaired) electrons. The van der Waals surface area contributed by atoms with Crippen LogP contribution in [-0.4, -0.2) is 24.3 Å². The van der Waals surface area contributed by atoms with Gasteiger partial charge < -0.3 is 14.0 Å². The van der Waals surface area contributed by atoms with Gasteiger partial charge in [-0.1, -0.05) is 45.2 Å². The maximum Gasteiger partial charge on any atom is 0.310 e. The molecule has 2 rings (SSSR count). The van der Waals surface area contributed by atoms with E-state index in [1.807, 2.05) is 57.3 Å². The normalized spacial score (nSPS) is 10.7. The van der Waals surface area contributed by atoms with Crippen molar-refractivity contribution < 1.29 is 14.3 Å². The lowest BCUT2D eigenvalue weighted by molar-refractivity contribution is -0.142. The van der Waals surface area contributed by atoms with Crippen molar-refractivity contribution in [1.82, 2.24) is 4.57 Å². The minimum atomic E-state index is -0.215. The largest absolute Gasteiger partial charge is 0.497 e. The molecule has 140 valence electrons. The lowest BCUT2D eigenvalue weighted by atomic mass is 10.1. The van der Waals surface area contributed by atoms with Gasteiger partial charge >= 0.3 is 5.97 Å². The summed E-state index contributed by atoms with van der Waals surface area (Å²) in [6.07, 6.45) is 5.75. The van der Waals surface area contributed by atoms with Crippen LogP contribution < -0.4 is 0 Å². The molecule has 0 saturated heterocycles. The molecule has 0 atom stereocenters. The molecular formula is C22H29NO3. The number of nitrogens with zero attached hydrogens (tertiary/aromatic N) is 1. The number of benzene rings is 1. The average Bonchev–Trinajstić information content (AvgIpc) is 2.99. The number of fused-ring (bicyclic) bond motifs is 1. The topological polar surface area (TPSA) is 40.5 Å². The number of hydrogen-bond donors (Lipinski definition) is 0. The van der Waals surface area contributed by atoms with Crippen molar-refractivity contribution in [2.24, 2.45) is 0 Å². The van der Waals surface area contributed by atoms with E-state index in [4.69, 9.17) is 9.47 Å². The predicted octanol–water partition coefficient (Wildman–Crippen LogP) is 5.05. The third-order valence-electron chi connectivity index (χ3n) is 3.67. The van der Waals surface area contributed by atoms with Gasteiger partial charge in [-0.05, 0) is 36.3 Å². The first-order chi connectivity index (χ1) is 12.6. The minimum Gasteiger partial charge on any atom is -0.497 e. The van der Waals surface area contributed by atoms with Crippen LogP contribution in [0.25, 0.3) is 10.9 Å². The fourth-order valence-corrected chi connectivity index (χ4v) is 2.63. The Hall–Kier alpha value is -2.75. The summed E-state index contributed by atoms with van der Waals surface area (Å²) in [5.74, 6) is 0.454. The van der Waals surface area contributed by atoms with Crippen LogP contribution >= 0.6 is 0 Å². The number of carbonyl (C=O) groups excluding carboxylic acids is 1. The van der Waals surface area contributed by atoms with Crippen LogP contribution in [0.5, 0.6) is 0 Å². The Morgan fingerprint density at radius 3 is 2.58 bits per heavy atom. The van der Waals surface area contributed by atoms with Gasteiger partial charge in [0.05, 0.1) is 20.1 Å². The molecule has 0 fully saturated rings. The van der Waals surface area contributed by atoms with Crippen LogP contribution in [0.3, 0.4) is 0 Å². The van der Waals surface area contributed by atoms with Crippen molar-refractivity contribution in [3.05, 3.63) is 72.7 Å². The summed E-state index contributed by atoms with van der Waals surface area (Å²) in [6, 6.07) is 8.00. The molecule has 0 amide bonds. The van der Waals surface area contributed by atoms with Crippen molar-refractivity contribution in [2.45, 2.75) is 33.7 Å². The Bertz CT molecular complexity index is 784. The van der Waals surface area contributed by atoms with Crippen LogP contribution in [-0.2, 0) is 27.2 Å². The monoisotopic (exact) mass is 355 g/mol. The van der Waals surface area contributed by atoms with Gasteiger partial charge in [-0.3, -0.25) is 4.79 Å². The number of rotatable bonds is 8. The standard InChI is InChI=1S/C20H23NO3.C2H6/c1-5-17(23-4)11-15(3)13-21-14-16(12-20(22)24-6-2)18-9-7-8-10-19(18)21;1-2/h5,7-11,14H,1,3,6,12-13H2,2,4H3;1-2H3/b17-11+;. The summed E-state index contributed by atoms with van der Waals surface area (Å²) in [4.78, 5) is 11.8. The number of esters is 1. The van der Waals surface area contributed by atoms with Crippen molar-refractivity contribution in [2.75, 3.05) is 13.7 Å². The highest BCUT2D eigenvalue weighted by atomic mass is 16.5. The molecule has 1 heterocycles. The van der Waals surface area contributed by atoms with Gasteiger partial charge in [-0.15, -0.1) is 0 Å². The Labute approximate surface area is 156 Å². The van der Waals surface area contributed by atoms with E-state index in [0.29, 0.717) is 18.9 Å². The van der Waals surface area contributed by atoms with E-state index < -0.39 is 0 Å². The number of carbonyl (C=O) groups is 1. The summed E-state index contributed by atoms with van der Waals surface area (Å²) in [5.41, 5.74) is 2.90. The minimum absolute atomic E-state index is 0.215. The van der Waals surface area contributed by atoms with Crippen LogP contribution in [0, 0.1) is 0 Å². The number of methoxy groups -OCH3 is 1. The zero-order valence-electron chi connectivity index (χ0n) is 16.2. The summed E-state index contributed by atoms with van der Waals surface area (Å²) in [5, 5.41) is 1.05. The Morgan fingerprint density at radius 1 is 1.27 bits per heavy atom. The molecule has 0 unspecified atom stereocenters. The van der Waals surface area contributed by atoms with E-state index in [2.05, 4.69) is 17.7 Å². The first-order valence-electron chi connectivity index (χ1n) is 8.87. The summed E-state index contributed by atoms with van der Waals surface area (Å²) in [7, 11) is 1.60. The van der Waals surface area contributed by atoms with Gasteiger partial charge in [-0.2, -0.15) is 0 Å². The molecule has 0 saturated carbocycles. The fourth-order valence-electron chi connectivity index (χ4n) is 2.63. The van der Waals surface area contributed by atoms with E-state index >= 15 is 0 Å². The molecule has 0 bridgehead atoms. The van der Waals surface area contributed by atoms with Crippen molar-refractivity contribution in [3.63, 3.8) is 0 Å². The highest BCUT2D eigenvalue weighted by Gasteiger charge is 2.12. The predicted molar refractivity (Wildman–Crippen MR) is 108 cm³/mol. The molecule has 1 aromatic carbocycles. The van der Waals surface area contributed by atoms with Crippen LogP contribution in [0.4, 0.5) is 0 Å². The first kappa shape index (κ1) is 21.3. The molecule has 26 heavy (non-hydrogen) atoms. The molecule has 1 aromatic heterocycles. The molecule has 0 aliphatic heterocycles. The second-order valence-corrected chi connectivity index (χ2v) is 5.39. The smallest absolute Gasteiger partial charge is 0.310 e. The number of ether oxygens (including phenoxy) is 2. The molecule has 4 nitrogen and oxygen atoms in total. The van der Waals surface area contributed by atoms with E-state index in [1.165, 1.54) is 0 Å². The van der Waals surface area contributed by atoms with E-state index in [9.17, 15) is 4.79 Å². The Kier molecular flexibility index (Phi) is 8.99. The summed E-state index contributed by atoms with van der Waals surface area (Å²) >= 11 is 0. The van der Waals surface area contributed by atoms with Crippen LogP contribution in [0.1, 0.15) is 26.3 Å². The SMILES string of the molecule is C=C/C(=C\C(=C)Cn1cc(CC(=O)OCC)c2ccccc21)OC.CC. The fraction of sp³-hybridized carbons (Fsp3) is 0.318. The Morgan fingerprint density at radius 2 is 1.96 bits per heavy atom. The Balaban J connectivity index is 0.00000163. The maximum absolute atomic E-state index is 11.8. The van der Waals surface area contributed by atoms with E-state index in [0.717, 1.165) is 22.0 Å². The van der Waals surface area contributed by atoms with Gasteiger partial charge in [0, 0.05) is 23.6 Å². The van der Waals surface area contributed by atoms with Crippen molar-refractivity contribution in [3.8, 4) is 0 Å². The molecule has 0 aliphatic rings. The third kappa shape index (κ3) is 5.66. The summed E-state index contributed by atoms with van der Waals surface area (Å²) < 4.78 is 12.3. The van der Waals surface area contributed by atoms with Gasteiger partial charge in [0.2, 0.25) is 0 Å². The number of hydrogen-bond acceptors (Lipinski definition) is 3. The van der Waals surface area contributed by atoms with Crippen molar-refractivity contribution >= 4 is 16.9 Å². The maximum atomic E-state index is 11.8. The van der Waals surface area contributed by atoms with Crippen LogP contribution in [0.15, 0.2) is 67.1 Å². The molecule has 0 N–H and O–H groups in total. The molecule has 0 spiro atoms. The first-order valence-corrected chi connectivity index (χ1v) is 8.87. The van der Waals surface area contributed by atoms with Crippen molar-refractivity contribution in [1.29, 1.82) is 0 Å². The number of allylic oxidation sites excluding steroid dienone is 3. The molecule has 0 aliphatic carbocycles.